The number of hydrogen-bond acceptors (Lipinski definition) is 0. The Hall–Kier alpha value is -0.780. The third kappa shape index (κ3) is 2.38. The highest BCUT2D eigenvalue weighted by atomic mass is 14.0. The van der Waals surface area contributed by atoms with Gasteiger partial charge in [-0.2, -0.15) is 0 Å². The minimum Gasteiger partial charge on any atom is -0.0778 e. The molecule has 1 aliphatic carbocycles. The van der Waals surface area contributed by atoms with Crippen LogP contribution in [-0.4, -0.2) is 0 Å². The maximum Gasteiger partial charge on any atom is -0.0158 e. The molecule has 0 aromatic carbocycles. The average molecular weight is 148 g/mol. The van der Waals surface area contributed by atoms with Crippen molar-refractivity contribution < 1.29 is 0 Å². The second-order valence-electron chi connectivity index (χ2n) is 3.38. The van der Waals surface area contributed by atoms with Crippen molar-refractivity contribution in [3.05, 3.63) is 35.5 Å². The van der Waals surface area contributed by atoms with Gasteiger partial charge in [-0.05, 0) is 24.8 Å². The molecule has 0 nitrogen and oxygen atoms in total. The second-order valence-corrected chi connectivity index (χ2v) is 3.38. The van der Waals surface area contributed by atoms with Crippen LogP contribution in [-0.2, 0) is 0 Å². The van der Waals surface area contributed by atoms with Gasteiger partial charge in [0.2, 0.25) is 0 Å². The molecule has 0 N–H and O–H groups in total. The molecule has 0 unspecified atom stereocenters. The number of allylic oxidation sites excluding steroid dienone is 6. The van der Waals surface area contributed by atoms with E-state index in [-0.39, 0.29) is 0 Å². The number of hydrogen-bond donors (Lipinski definition) is 0. The van der Waals surface area contributed by atoms with Crippen LogP contribution in [0.2, 0.25) is 0 Å². The van der Waals surface area contributed by atoms with Crippen LogP contribution in [0.5, 0.6) is 0 Å². The molecule has 0 aromatic rings. The van der Waals surface area contributed by atoms with E-state index in [4.69, 9.17) is 0 Å². The molecule has 0 heteroatoms. The zero-order chi connectivity index (χ0) is 8.27. The SMILES string of the molecule is CC1=CCC=C(C(C)C)C=C1. The zero-order valence-corrected chi connectivity index (χ0v) is 7.59. The second kappa shape index (κ2) is 3.56. The van der Waals surface area contributed by atoms with Crippen LogP contribution < -0.4 is 0 Å². The summed E-state index contributed by atoms with van der Waals surface area (Å²) in [6.45, 7) is 6.61. The fourth-order valence-corrected chi connectivity index (χ4v) is 1.17. The molecule has 0 spiro atoms. The molecule has 11 heavy (non-hydrogen) atoms. The third-order valence-corrected chi connectivity index (χ3v) is 2.00. The maximum absolute atomic E-state index is 2.30. The van der Waals surface area contributed by atoms with Gasteiger partial charge in [-0.15, -0.1) is 0 Å². The van der Waals surface area contributed by atoms with Crippen molar-refractivity contribution in [2.75, 3.05) is 0 Å². The molecule has 0 heterocycles. The van der Waals surface area contributed by atoms with E-state index in [9.17, 15) is 0 Å². The van der Waals surface area contributed by atoms with Crippen LogP contribution in [0.3, 0.4) is 0 Å². The van der Waals surface area contributed by atoms with Crippen molar-refractivity contribution in [1.29, 1.82) is 0 Å². The van der Waals surface area contributed by atoms with E-state index in [1.54, 1.807) is 0 Å². The highest BCUT2D eigenvalue weighted by Crippen LogP contribution is 2.16. The van der Waals surface area contributed by atoms with Gasteiger partial charge >= 0.3 is 0 Å². The van der Waals surface area contributed by atoms with Crippen LogP contribution in [0.15, 0.2) is 35.5 Å². The van der Waals surface area contributed by atoms with E-state index < -0.39 is 0 Å². The molecular weight excluding hydrogens is 132 g/mol. The van der Waals surface area contributed by atoms with Crippen LogP contribution in [0.1, 0.15) is 27.2 Å². The van der Waals surface area contributed by atoms with E-state index in [1.807, 2.05) is 0 Å². The van der Waals surface area contributed by atoms with Gasteiger partial charge in [0, 0.05) is 0 Å². The van der Waals surface area contributed by atoms with Gasteiger partial charge in [0.05, 0.1) is 0 Å². The molecule has 1 aliphatic rings. The van der Waals surface area contributed by atoms with E-state index >= 15 is 0 Å². The van der Waals surface area contributed by atoms with Gasteiger partial charge in [-0.3, -0.25) is 0 Å². The Morgan fingerprint density at radius 3 is 2.55 bits per heavy atom. The first-order chi connectivity index (χ1) is 5.20. The molecule has 0 atom stereocenters. The number of rotatable bonds is 1. The monoisotopic (exact) mass is 148 g/mol. The predicted octanol–water partition coefficient (Wildman–Crippen LogP) is 3.48. The maximum atomic E-state index is 2.30. The van der Waals surface area contributed by atoms with Crippen LogP contribution in [0.25, 0.3) is 0 Å². The highest BCUT2D eigenvalue weighted by Gasteiger charge is 1.99. The van der Waals surface area contributed by atoms with E-state index in [1.165, 1.54) is 11.1 Å². The molecule has 0 saturated heterocycles. The summed E-state index contributed by atoms with van der Waals surface area (Å²) < 4.78 is 0. The van der Waals surface area contributed by atoms with Gasteiger partial charge in [0.1, 0.15) is 0 Å². The first-order valence-corrected chi connectivity index (χ1v) is 4.25. The largest absolute Gasteiger partial charge is 0.0778 e. The Morgan fingerprint density at radius 1 is 1.18 bits per heavy atom. The standard InChI is InChI=1S/C11H16/c1-9(2)11-6-4-5-10(3)7-8-11/h5-9H,4H2,1-3H3. The smallest absolute Gasteiger partial charge is 0.0158 e. The van der Waals surface area contributed by atoms with Crippen molar-refractivity contribution >= 4 is 0 Å². The van der Waals surface area contributed by atoms with Crippen LogP contribution in [0, 0.1) is 5.92 Å². The van der Waals surface area contributed by atoms with Crippen molar-refractivity contribution in [3.63, 3.8) is 0 Å². The molecule has 60 valence electrons. The Bertz CT molecular complexity index is 214. The van der Waals surface area contributed by atoms with E-state index in [0.29, 0.717) is 5.92 Å². The third-order valence-electron chi connectivity index (χ3n) is 2.00. The topological polar surface area (TPSA) is 0 Å². The summed E-state index contributed by atoms with van der Waals surface area (Å²) in [7, 11) is 0. The normalized spacial score (nSPS) is 17.8. The quantitative estimate of drug-likeness (QED) is 0.534. The molecule has 0 amide bonds. The van der Waals surface area contributed by atoms with Crippen molar-refractivity contribution in [2.45, 2.75) is 27.2 Å². The summed E-state index contributed by atoms with van der Waals surface area (Å²) in [5.74, 6) is 0.658. The Labute approximate surface area is 69.3 Å². The molecule has 0 bridgehead atoms. The fourth-order valence-electron chi connectivity index (χ4n) is 1.17. The summed E-state index contributed by atoms with van der Waals surface area (Å²) in [5.41, 5.74) is 2.83. The average Bonchev–Trinajstić information content (AvgIpc) is 2.13. The van der Waals surface area contributed by atoms with Gasteiger partial charge < -0.3 is 0 Å². The first kappa shape index (κ1) is 8.32. The lowest BCUT2D eigenvalue weighted by Crippen LogP contribution is -1.88. The summed E-state index contributed by atoms with van der Waals surface area (Å²) in [6, 6.07) is 0. The zero-order valence-electron chi connectivity index (χ0n) is 7.59. The van der Waals surface area contributed by atoms with Gasteiger partial charge in [-0.1, -0.05) is 43.7 Å². The molecular formula is C11H16. The van der Waals surface area contributed by atoms with E-state index in [0.717, 1.165) is 6.42 Å². The van der Waals surface area contributed by atoms with Crippen molar-refractivity contribution in [1.82, 2.24) is 0 Å². The van der Waals surface area contributed by atoms with Crippen LogP contribution in [0.4, 0.5) is 0 Å². The first-order valence-electron chi connectivity index (χ1n) is 4.25. The summed E-state index contributed by atoms with van der Waals surface area (Å²) in [4.78, 5) is 0. The molecule has 0 saturated carbocycles. The van der Waals surface area contributed by atoms with E-state index in [2.05, 4.69) is 45.1 Å². The molecule has 0 aromatic heterocycles. The molecule has 0 radical (unpaired) electrons. The molecule has 1 rings (SSSR count). The van der Waals surface area contributed by atoms with Gasteiger partial charge in [-0.25, -0.2) is 0 Å². The molecule has 0 fully saturated rings. The Balaban J connectivity index is 2.74. The molecule has 0 aliphatic heterocycles. The summed E-state index contributed by atoms with van der Waals surface area (Å²) >= 11 is 0. The lowest BCUT2D eigenvalue weighted by molar-refractivity contribution is 0.788. The highest BCUT2D eigenvalue weighted by molar-refractivity contribution is 5.31. The summed E-state index contributed by atoms with van der Waals surface area (Å²) in [5, 5.41) is 0. The van der Waals surface area contributed by atoms with Gasteiger partial charge in [0.15, 0.2) is 0 Å². The van der Waals surface area contributed by atoms with Crippen LogP contribution >= 0.6 is 0 Å². The minimum atomic E-state index is 0.658. The Morgan fingerprint density at radius 2 is 1.91 bits per heavy atom. The fraction of sp³-hybridized carbons (Fsp3) is 0.455. The minimum absolute atomic E-state index is 0.658. The Kier molecular flexibility index (Phi) is 2.70. The predicted molar refractivity (Wildman–Crippen MR) is 50.4 cm³/mol. The summed E-state index contributed by atoms with van der Waals surface area (Å²) in [6.07, 6.45) is 10.1. The van der Waals surface area contributed by atoms with Gasteiger partial charge in [0.25, 0.3) is 0 Å². The lowest BCUT2D eigenvalue weighted by atomic mass is 10.0. The van der Waals surface area contributed by atoms with Crippen molar-refractivity contribution in [2.24, 2.45) is 5.92 Å². The lowest BCUT2D eigenvalue weighted by Gasteiger charge is -2.03. The van der Waals surface area contributed by atoms with Crippen molar-refractivity contribution in [3.8, 4) is 0 Å².